The number of rotatable bonds is 5. The van der Waals surface area contributed by atoms with Crippen molar-refractivity contribution in [1.29, 1.82) is 0 Å². The molecule has 0 amide bonds. The zero-order chi connectivity index (χ0) is 14.5. The molecule has 2 aliphatic rings. The highest BCUT2D eigenvalue weighted by Gasteiger charge is 2.48. The number of methoxy groups -OCH3 is 1. The van der Waals surface area contributed by atoms with Gasteiger partial charge in [0.15, 0.2) is 0 Å². The number of hydrogen-bond acceptors (Lipinski definition) is 4. The van der Waals surface area contributed by atoms with E-state index in [1.807, 2.05) is 0 Å². The summed E-state index contributed by atoms with van der Waals surface area (Å²) in [5, 5.41) is 6.80. The van der Waals surface area contributed by atoms with E-state index in [-0.39, 0.29) is 5.97 Å². The second-order valence-corrected chi connectivity index (χ2v) is 6.16. The molecule has 112 valence electrons. The Morgan fingerprint density at radius 2 is 1.90 bits per heavy atom. The minimum Gasteiger partial charge on any atom is -0.468 e. The van der Waals surface area contributed by atoms with Gasteiger partial charge in [0, 0.05) is 18.0 Å². The van der Waals surface area contributed by atoms with E-state index in [9.17, 15) is 4.79 Å². The van der Waals surface area contributed by atoms with E-state index in [0.29, 0.717) is 18.5 Å². The smallest absolute Gasteiger partial charge is 0.326 e. The van der Waals surface area contributed by atoms with Crippen molar-refractivity contribution >= 4 is 5.97 Å². The maximum absolute atomic E-state index is 12.2. The summed E-state index contributed by atoms with van der Waals surface area (Å²) in [5.41, 5.74) is 8.20. The summed E-state index contributed by atoms with van der Waals surface area (Å²) in [6, 6.07) is 0. The van der Waals surface area contributed by atoms with Crippen molar-refractivity contribution < 1.29 is 9.53 Å². The van der Waals surface area contributed by atoms with E-state index in [2.05, 4.69) is 15.3 Å². The van der Waals surface area contributed by atoms with Crippen LogP contribution in [0, 0.1) is 5.41 Å². The number of nitrogens with one attached hydrogen (secondary N) is 1. The van der Waals surface area contributed by atoms with Gasteiger partial charge in [-0.3, -0.25) is 4.79 Å². The van der Waals surface area contributed by atoms with Crippen molar-refractivity contribution in [2.24, 2.45) is 10.5 Å². The van der Waals surface area contributed by atoms with Crippen LogP contribution in [0.5, 0.6) is 0 Å². The predicted octanol–water partition coefficient (Wildman–Crippen LogP) is 2.93. The summed E-state index contributed by atoms with van der Waals surface area (Å²) in [5.74, 6) is -0.175. The lowest BCUT2D eigenvalue weighted by molar-refractivity contribution is -0.151. The Balaban J connectivity index is 1.98. The second kappa shape index (κ2) is 6.46. The first-order valence-electron chi connectivity index (χ1n) is 7.51. The zero-order valence-corrected chi connectivity index (χ0v) is 12.2. The van der Waals surface area contributed by atoms with Crippen LogP contribution in [0.15, 0.2) is 5.11 Å². The number of nitrogens with zero attached hydrogens (tertiary/aromatic N) is 3. The Labute approximate surface area is 119 Å². The molecular formula is C14H24N4O2. The zero-order valence-electron chi connectivity index (χ0n) is 12.2. The molecule has 6 heteroatoms. The summed E-state index contributed by atoms with van der Waals surface area (Å²) in [7, 11) is 1.44. The summed E-state index contributed by atoms with van der Waals surface area (Å²) in [4.78, 5) is 14.9. The van der Waals surface area contributed by atoms with Crippen LogP contribution in [0.1, 0.15) is 51.4 Å². The highest BCUT2D eigenvalue weighted by molar-refractivity contribution is 5.81. The first kappa shape index (κ1) is 15.1. The van der Waals surface area contributed by atoms with Gasteiger partial charge in [0.25, 0.3) is 0 Å². The molecule has 20 heavy (non-hydrogen) atoms. The van der Waals surface area contributed by atoms with Crippen LogP contribution in [0.4, 0.5) is 0 Å². The van der Waals surface area contributed by atoms with Crippen molar-refractivity contribution in [3.63, 3.8) is 0 Å². The number of ether oxygens (including phenoxy) is 1. The summed E-state index contributed by atoms with van der Waals surface area (Å²) in [6.07, 6.45) is 9.12. The van der Waals surface area contributed by atoms with E-state index in [4.69, 9.17) is 10.3 Å². The molecule has 0 aromatic rings. The monoisotopic (exact) mass is 280 g/mol. The molecule has 0 bridgehead atoms. The first-order chi connectivity index (χ1) is 9.66. The van der Waals surface area contributed by atoms with Gasteiger partial charge in [-0.1, -0.05) is 18.0 Å². The van der Waals surface area contributed by atoms with E-state index in [0.717, 1.165) is 25.7 Å². The van der Waals surface area contributed by atoms with Crippen molar-refractivity contribution in [2.75, 3.05) is 20.2 Å². The minimum atomic E-state index is -0.576. The molecule has 0 atom stereocenters. The maximum Gasteiger partial charge on any atom is 0.326 e. The Morgan fingerprint density at radius 1 is 1.25 bits per heavy atom. The number of hydrogen-bond donors (Lipinski definition) is 1. The van der Waals surface area contributed by atoms with Gasteiger partial charge >= 0.3 is 5.97 Å². The Morgan fingerprint density at radius 3 is 2.45 bits per heavy atom. The van der Waals surface area contributed by atoms with Crippen molar-refractivity contribution in [1.82, 2.24) is 5.32 Å². The largest absolute Gasteiger partial charge is 0.468 e. The molecule has 2 saturated carbocycles. The van der Waals surface area contributed by atoms with Gasteiger partial charge in [0.2, 0.25) is 0 Å². The van der Waals surface area contributed by atoms with Gasteiger partial charge in [-0.05, 0) is 49.5 Å². The molecule has 1 N–H and O–H groups in total. The Bertz CT molecular complexity index is 388. The van der Waals surface area contributed by atoms with Crippen LogP contribution in [-0.2, 0) is 9.53 Å². The molecule has 0 saturated heterocycles. The molecular weight excluding hydrogens is 256 g/mol. The minimum absolute atomic E-state index is 0.175. The summed E-state index contributed by atoms with van der Waals surface area (Å²) < 4.78 is 5.00. The first-order valence-corrected chi connectivity index (χ1v) is 7.51. The number of carbonyl (C=O) groups excluding carboxylic acids is 1. The van der Waals surface area contributed by atoms with Crippen molar-refractivity contribution in [2.45, 2.75) is 56.9 Å². The normalized spacial score (nSPS) is 23.2. The van der Waals surface area contributed by atoms with Crippen LogP contribution in [-0.4, -0.2) is 31.7 Å². The third kappa shape index (κ3) is 3.07. The van der Waals surface area contributed by atoms with Crippen LogP contribution in [0.3, 0.4) is 0 Å². The Kier molecular flexibility index (Phi) is 4.89. The fraction of sp³-hybridized carbons (Fsp3) is 0.929. The fourth-order valence-electron chi connectivity index (χ4n) is 3.87. The Hall–Kier alpha value is -1.26. The third-order valence-corrected chi connectivity index (χ3v) is 5.14. The standard InChI is InChI=1S/C14H24N4O2/c1-20-12(19)14(16-10-11-17-18-15)8-6-13(7-9-14)4-2-3-5-13/h16H,2-11H2,1H3. The molecule has 6 nitrogen and oxygen atoms in total. The lowest BCUT2D eigenvalue weighted by atomic mass is 9.66. The molecule has 0 aliphatic heterocycles. The molecule has 0 heterocycles. The lowest BCUT2D eigenvalue weighted by Crippen LogP contribution is -2.56. The molecule has 1 spiro atoms. The van der Waals surface area contributed by atoms with Gasteiger partial charge in [-0.2, -0.15) is 0 Å². The highest BCUT2D eigenvalue weighted by atomic mass is 16.5. The van der Waals surface area contributed by atoms with Crippen LogP contribution in [0.25, 0.3) is 10.4 Å². The molecule has 2 rings (SSSR count). The SMILES string of the molecule is COC(=O)C1(NCCN=[N+]=[N-])CCC2(CCCC2)CC1. The van der Waals surface area contributed by atoms with Crippen LogP contribution < -0.4 is 5.32 Å². The quantitative estimate of drug-likeness (QED) is 0.276. The van der Waals surface area contributed by atoms with Gasteiger partial charge in [-0.25, -0.2) is 0 Å². The van der Waals surface area contributed by atoms with E-state index in [1.54, 1.807) is 0 Å². The molecule has 0 radical (unpaired) electrons. The van der Waals surface area contributed by atoms with Crippen molar-refractivity contribution in [3.8, 4) is 0 Å². The number of azide groups is 1. The summed E-state index contributed by atoms with van der Waals surface area (Å²) in [6.45, 7) is 0.881. The van der Waals surface area contributed by atoms with Crippen LogP contribution in [0.2, 0.25) is 0 Å². The van der Waals surface area contributed by atoms with E-state index in [1.165, 1.54) is 32.8 Å². The fourth-order valence-corrected chi connectivity index (χ4v) is 3.87. The third-order valence-electron chi connectivity index (χ3n) is 5.14. The van der Waals surface area contributed by atoms with Gasteiger partial charge in [0.05, 0.1) is 7.11 Å². The average molecular weight is 280 g/mol. The number of carbonyl (C=O) groups is 1. The highest BCUT2D eigenvalue weighted by Crippen LogP contribution is 2.51. The number of esters is 1. The molecule has 0 unspecified atom stereocenters. The predicted molar refractivity (Wildman–Crippen MR) is 76.1 cm³/mol. The van der Waals surface area contributed by atoms with Crippen molar-refractivity contribution in [3.05, 3.63) is 10.4 Å². The topological polar surface area (TPSA) is 87.1 Å². The van der Waals surface area contributed by atoms with Gasteiger partial charge < -0.3 is 10.1 Å². The maximum atomic E-state index is 12.2. The molecule has 2 aliphatic carbocycles. The lowest BCUT2D eigenvalue weighted by Gasteiger charge is -2.43. The van der Waals surface area contributed by atoms with Crippen LogP contribution >= 0.6 is 0 Å². The summed E-state index contributed by atoms with van der Waals surface area (Å²) >= 11 is 0. The molecule has 2 fully saturated rings. The van der Waals surface area contributed by atoms with Gasteiger partial charge in [-0.15, -0.1) is 0 Å². The second-order valence-electron chi connectivity index (χ2n) is 6.16. The van der Waals surface area contributed by atoms with Gasteiger partial charge in [0.1, 0.15) is 5.54 Å². The van der Waals surface area contributed by atoms with E-state index >= 15 is 0 Å². The average Bonchev–Trinajstić information content (AvgIpc) is 2.94. The molecule has 0 aromatic heterocycles. The molecule has 0 aromatic carbocycles. The van der Waals surface area contributed by atoms with E-state index < -0.39 is 5.54 Å².